The second-order valence-electron chi connectivity index (χ2n) is 4.91. The first-order valence-corrected chi connectivity index (χ1v) is 7.37. The summed E-state index contributed by atoms with van der Waals surface area (Å²) in [5, 5.41) is 0. The number of rotatable bonds is 0. The van der Waals surface area contributed by atoms with E-state index in [4.69, 9.17) is 0 Å². The number of carbonyl (C=O) groups is 1. The Kier molecular flexibility index (Phi) is 3.86. The first-order chi connectivity index (χ1) is 7.29. The predicted octanol–water partition coefficient (Wildman–Crippen LogP) is 4.40. The summed E-state index contributed by atoms with van der Waals surface area (Å²) in [5.74, 6) is 0.544. The molecule has 0 aromatic heterocycles. The second kappa shape index (κ2) is 4.98. The maximum atomic E-state index is 12.3. The smallest absolute Gasteiger partial charge is 0.143 e. The molecular formula is C13H19IO. The van der Waals surface area contributed by atoms with Crippen LogP contribution in [0.1, 0.15) is 57.8 Å². The Morgan fingerprint density at radius 3 is 2.40 bits per heavy atom. The summed E-state index contributed by atoms with van der Waals surface area (Å²) in [6.07, 6.45) is 10.4. The minimum Gasteiger partial charge on any atom is -0.299 e. The molecule has 2 aliphatic carbocycles. The average molecular weight is 318 g/mol. The molecular weight excluding hydrogens is 299 g/mol. The molecule has 0 amide bonds. The van der Waals surface area contributed by atoms with Gasteiger partial charge in [-0.1, -0.05) is 47.4 Å². The van der Waals surface area contributed by atoms with Gasteiger partial charge in [0.05, 0.1) is 5.41 Å². The molecule has 0 bridgehead atoms. The van der Waals surface area contributed by atoms with Crippen LogP contribution in [-0.2, 0) is 4.79 Å². The lowest BCUT2D eigenvalue weighted by atomic mass is 9.66. The summed E-state index contributed by atoms with van der Waals surface area (Å²) in [6, 6.07) is 0. The highest BCUT2D eigenvalue weighted by molar-refractivity contribution is 14.1. The Bertz CT molecular complexity index is 282. The number of ketones is 1. The molecule has 15 heavy (non-hydrogen) atoms. The molecule has 2 fully saturated rings. The van der Waals surface area contributed by atoms with Gasteiger partial charge in [0, 0.05) is 6.42 Å². The van der Waals surface area contributed by atoms with Crippen molar-refractivity contribution >= 4 is 28.4 Å². The van der Waals surface area contributed by atoms with E-state index in [1.54, 1.807) is 0 Å². The molecule has 0 aromatic rings. The van der Waals surface area contributed by atoms with Crippen molar-refractivity contribution < 1.29 is 4.79 Å². The Morgan fingerprint density at radius 1 is 1.00 bits per heavy atom. The molecule has 0 aromatic carbocycles. The van der Waals surface area contributed by atoms with Crippen LogP contribution in [0.25, 0.3) is 0 Å². The third kappa shape index (κ3) is 2.15. The molecule has 0 N–H and O–H groups in total. The average Bonchev–Trinajstić information content (AvgIpc) is 2.44. The van der Waals surface area contributed by atoms with Gasteiger partial charge in [-0.05, 0) is 36.2 Å². The van der Waals surface area contributed by atoms with Gasteiger partial charge in [-0.15, -0.1) is 0 Å². The van der Waals surface area contributed by atoms with Crippen molar-refractivity contribution in [1.82, 2.24) is 0 Å². The normalized spacial score (nSPS) is 35.8. The van der Waals surface area contributed by atoms with Crippen molar-refractivity contribution in [2.45, 2.75) is 57.8 Å². The highest BCUT2D eigenvalue weighted by atomic mass is 127. The molecule has 0 heterocycles. The Morgan fingerprint density at radius 2 is 1.67 bits per heavy atom. The first-order valence-electron chi connectivity index (χ1n) is 6.13. The largest absolute Gasteiger partial charge is 0.299 e. The Balaban J connectivity index is 2.29. The van der Waals surface area contributed by atoms with Crippen molar-refractivity contribution in [3.63, 3.8) is 0 Å². The molecule has 0 saturated heterocycles. The maximum absolute atomic E-state index is 12.3. The molecule has 1 spiro atoms. The van der Waals surface area contributed by atoms with Gasteiger partial charge >= 0.3 is 0 Å². The number of hydrogen-bond donors (Lipinski definition) is 0. The van der Waals surface area contributed by atoms with E-state index in [2.05, 4.69) is 26.7 Å². The minimum atomic E-state index is -0.0179. The van der Waals surface area contributed by atoms with Crippen LogP contribution < -0.4 is 0 Å². The molecule has 84 valence electrons. The molecule has 0 aliphatic heterocycles. The molecule has 0 radical (unpaired) electrons. The van der Waals surface area contributed by atoms with Gasteiger partial charge in [-0.25, -0.2) is 0 Å². The minimum absolute atomic E-state index is 0.0179. The van der Waals surface area contributed by atoms with Crippen LogP contribution in [0.3, 0.4) is 0 Å². The summed E-state index contributed by atoms with van der Waals surface area (Å²) in [6.45, 7) is 0. The molecule has 1 unspecified atom stereocenters. The lowest BCUT2D eigenvalue weighted by molar-refractivity contribution is -0.127. The van der Waals surface area contributed by atoms with Gasteiger partial charge in [-0.3, -0.25) is 4.79 Å². The lowest BCUT2D eigenvalue weighted by Crippen LogP contribution is -2.34. The molecule has 2 heteroatoms. The maximum Gasteiger partial charge on any atom is 0.143 e. The van der Waals surface area contributed by atoms with E-state index >= 15 is 0 Å². The molecule has 2 rings (SSSR count). The fourth-order valence-corrected chi connectivity index (χ4v) is 4.08. The van der Waals surface area contributed by atoms with Crippen LogP contribution in [0.2, 0.25) is 0 Å². The number of Topliss-reactive ketones (excluding diaryl/α,β-unsaturated/α-hetero) is 1. The zero-order valence-electron chi connectivity index (χ0n) is 9.23. The third-order valence-electron chi connectivity index (χ3n) is 4.09. The van der Waals surface area contributed by atoms with Crippen LogP contribution in [0.5, 0.6) is 0 Å². The van der Waals surface area contributed by atoms with Gasteiger partial charge in [0.2, 0.25) is 0 Å². The van der Waals surface area contributed by atoms with Crippen molar-refractivity contribution in [2.75, 3.05) is 0 Å². The van der Waals surface area contributed by atoms with Gasteiger partial charge in [0.25, 0.3) is 0 Å². The van der Waals surface area contributed by atoms with Gasteiger partial charge in [-0.2, -0.15) is 0 Å². The first kappa shape index (κ1) is 11.6. The Hall–Kier alpha value is 0.140. The van der Waals surface area contributed by atoms with Crippen molar-refractivity contribution in [2.24, 2.45) is 5.41 Å². The van der Waals surface area contributed by atoms with Gasteiger partial charge in [0.15, 0.2) is 0 Å². The van der Waals surface area contributed by atoms with Crippen LogP contribution in [0.4, 0.5) is 0 Å². The fourth-order valence-electron chi connectivity index (χ4n) is 3.17. The van der Waals surface area contributed by atoms with Gasteiger partial charge < -0.3 is 0 Å². The van der Waals surface area contributed by atoms with E-state index < -0.39 is 0 Å². The number of halogens is 1. The third-order valence-corrected chi connectivity index (χ3v) is 4.84. The summed E-state index contributed by atoms with van der Waals surface area (Å²) >= 11 is 2.33. The van der Waals surface area contributed by atoms with Crippen LogP contribution in [-0.4, -0.2) is 5.78 Å². The van der Waals surface area contributed by atoms with E-state index in [0.29, 0.717) is 5.78 Å². The van der Waals surface area contributed by atoms with Crippen LogP contribution in [0.15, 0.2) is 9.66 Å². The molecule has 2 aliphatic rings. The zero-order valence-corrected chi connectivity index (χ0v) is 11.4. The van der Waals surface area contributed by atoms with E-state index in [1.807, 2.05) is 0 Å². The fraction of sp³-hybridized carbons (Fsp3) is 0.769. The molecule has 1 nitrogen and oxygen atoms in total. The standard InChI is InChI=1S/C13H19IO/c14-10-11-6-3-5-9-13(11)8-4-1-2-7-12(13)15/h10H,1-9H2/b11-10-. The van der Waals surface area contributed by atoms with E-state index in [1.165, 1.54) is 31.3 Å². The topological polar surface area (TPSA) is 17.1 Å². The summed E-state index contributed by atoms with van der Waals surface area (Å²) in [7, 11) is 0. The highest BCUT2D eigenvalue weighted by Crippen LogP contribution is 2.48. The zero-order chi connectivity index (χ0) is 10.7. The summed E-state index contributed by atoms with van der Waals surface area (Å²) in [4.78, 5) is 12.3. The van der Waals surface area contributed by atoms with E-state index in [0.717, 1.165) is 32.1 Å². The van der Waals surface area contributed by atoms with Crippen LogP contribution >= 0.6 is 22.6 Å². The number of carbonyl (C=O) groups excluding carboxylic acids is 1. The predicted molar refractivity (Wildman–Crippen MR) is 71.1 cm³/mol. The quantitative estimate of drug-likeness (QED) is 0.605. The van der Waals surface area contributed by atoms with E-state index in [-0.39, 0.29) is 5.41 Å². The SMILES string of the molecule is O=C1CCCCCC12CCCC/C2=C/I. The number of hydrogen-bond acceptors (Lipinski definition) is 1. The monoisotopic (exact) mass is 318 g/mol. The lowest BCUT2D eigenvalue weighted by Gasteiger charge is -2.37. The summed E-state index contributed by atoms with van der Waals surface area (Å²) < 4.78 is 2.19. The van der Waals surface area contributed by atoms with Crippen LogP contribution in [0, 0.1) is 5.41 Å². The number of allylic oxidation sites excluding steroid dienone is 1. The molecule has 1 atom stereocenters. The van der Waals surface area contributed by atoms with Crippen molar-refractivity contribution in [3.8, 4) is 0 Å². The molecule has 2 saturated carbocycles. The summed E-state index contributed by atoms with van der Waals surface area (Å²) in [5.41, 5.74) is 1.43. The van der Waals surface area contributed by atoms with Gasteiger partial charge in [0.1, 0.15) is 5.78 Å². The van der Waals surface area contributed by atoms with Crippen molar-refractivity contribution in [3.05, 3.63) is 9.66 Å². The Labute approximate surface area is 106 Å². The highest BCUT2D eigenvalue weighted by Gasteiger charge is 2.42. The van der Waals surface area contributed by atoms with E-state index in [9.17, 15) is 4.79 Å². The second-order valence-corrected chi connectivity index (χ2v) is 5.53. The van der Waals surface area contributed by atoms with Crippen molar-refractivity contribution in [1.29, 1.82) is 0 Å².